The fourth-order valence-corrected chi connectivity index (χ4v) is 1.63. The van der Waals surface area contributed by atoms with Gasteiger partial charge in [0.1, 0.15) is 5.52 Å². The van der Waals surface area contributed by atoms with Crippen LogP contribution in [0.5, 0.6) is 0 Å². The highest BCUT2D eigenvalue weighted by atomic mass is 35.5. The van der Waals surface area contributed by atoms with Gasteiger partial charge in [-0.15, -0.1) is 12.4 Å². The quantitative estimate of drug-likeness (QED) is 0.901. The normalized spacial score (nSPS) is 12.0. The SMILES string of the molecule is CC(CN)C(=O)Nc1nc2c(F)cccc2n1C.Cl. The number of rotatable bonds is 3. The Balaban J connectivity index is 0.00000180. The molecule has 19 heavy (non-hydrogen) atoms. The van der Waals surface area contributed by atoms with Crippen molar-refractivity contribution < 1.29 is 9.18 Å². The lowest BCUT2D eigenvalue weighted by atomic mass is 10.2. The number of para-hydroxylation sites is 1. The molecular formula is C12H16ClFN4O. The monoisotopic (exact) mass is 286 g/mol. The Morgan fingerprint density at radius 3 is 2.84 bits per heavy atom. The van der Waals surface area contributed by atoms with Crippen LogP contribution in [0.1, 0.15) is 6.92 Å². The lowest BCUT2D eigenvalue weighted by molar-refractivity contribution is -0.119. The van der Waals surface area contributed by atoms with Gasteiger partial charge in [-0.25, -0.2) is 9.37 Å². The van der Waals surface area contributed by atoms with Gasteiger partial charge in [0, 0.05) is 19.5 Å². The topological polar surface area (TPSA) is 72.9 Å². The molecular weight excluding hydrogens is 271 g/mol. The molecule has 1 unspecified atom stereocenters. The molecule has 0 aliphatic rings. The van der Waals surface area contributed by atoms with Crippen molar-refractivity contribution in [3.05, 3.63) is 24.0 Å². The minimum atomic E-state index is -0.407. The fraction of sp³-hybridized carbons (Fsp3) is 0.333. The maximum atomic E-state index is 13.5. The van der Waals surface area contributed by atoms with Gasteiger partial charge in [-0.3, -0.25) is 10.1 Å². The predicted molar refractivity (Wildman–Crippen MR) is 74.8 cm³/mol. The molecule has 0 aliphatic carbocycles. The van der Waals surface area contributed by atoms with Gasteiger partial charge in [-0.2, -0.15) is 0 Å². The minimum Gasteiger partial charge on any atom is -0.330 e. The molecule has 104 valence electrons. The summed E-state index contributed by atoms with van der Waals surface area (Å²) in [5, 5.41) is 2.64. The standard InChI is InChI=1S/C12H15FN4O.ClH/c1-7(6-14)11(18)16-12-15-10-8(13)4-3-5-9(10)17(12)2;/h3-5,7H,6,14H2,1-2H3,(H,15,16,18);1H. The highest BCUT2D eigenvalue weighted by molar-refractivity contribution is 5.93. The second kappa shape index (κ2) is 5.99. The zero-order valence-electron chi connectivity index (χ0n) is 10.7. The Morgan fingerprint density at radius 1 is 1.58 bits per heavy atom. The Bertz CT molecular complexity index is 599. The number of anilines is 1. The molecule has 2 aromatic rings. The summed E-state index contributed by atoms with van der Waals surface area (Å²) in [6, 6.07) is 4.68. The molecule has 1 heterocycles. The molecule has 3 N–H and O–H groups in total. The zero-order valence-corrected chi connectivity index (χ0v) is 11.5. The molecule has 0 bridgehead atoms. The van der Waals surface area contributed by atoms with Gasteiger partial charge in [0.2, 0.25) is 11.9 Å². The lowest BCUT2D eigenvalue weighted by Crippen LogP contribution is -2.27. The van der Waals surface area contributed by atoms with E-state index in [0.717, 1.165) is 0 Å². The van der Waals surface area contributed by atoms with E-state index < -0.39 is 5.82 Å². The summed E-state index contributed by atoms with van der Waals surface area (Å²) in [6.45, 7) is 1.97. The number of carbonyl (C=O) groups is 1. The Kier molecular flexibility index (Phi) is 4.85. The molecule has 0 saturated heterocycles. The van der Waals surface area contributed by atoms with E-state index in [2.05, 4.69) is 10.3 Å². The number of benzene rings is 1. The molecule has 0 saturated carbocycles. The Morgan fingerprint density at radius 2 is 2.26 bits per heavy atom. The number of nitrogens with zero attached hydrogens (tertiary/aromatic N) is 2. The third kappa shape index (κ3) is 2.85. The number of hydrogen-bond donors (Lipinski definition) is 2. The van der Waals surface area contributed by atoms with Gasteiger partial charge in [-0.1, -0.05) is 13.0 Å². The molecule has 1 aromatic carbocycles. The maximum absolute atomic E-state index is 13.5. The van der Waals surface area contributed by atoms with E-state index in [1.54, 1.807) is 30.7 Å². The van der Waals surface area contributed by atoms with E-state index in [1.165, 1.54) is 6.07 Å². The number of aromatic nitrogens is 2. The Labute approximate surface area is 116 Å². The second-order valence-electron chi connectivity index (χ2n) is 4.23. The number of fused-ring (bicyclic) bond motifs is 1. The highest BCUT2D eigenvalue weighted by Gasteiger charge is 2.16. The van der Waals surface area contributed by atoms with Crippen molar-refractivity contribution in [1.82, 2.24) is 9.55 Å². The van der Waals surface area contributed by atoms with Crippen LogP contribution in [0.15, 0.2) is 18.2 Å². The predicted octanol–water partition coefficient (Wildman–Crippen LogP) is 1.67. The van der Waals surface area contributed by atoms with Gasteiger partial charge >= 0.3 is 0 Å². The molecule has 2 rings (SSSR count). The third-order valence-electron chi connectivity index (χ3n) is 2.90. The first-order chi connectivity index (χ1) is 8.54. The summed E-state index contributed by atoms with van der Waals surface area (Å²) >= 11 is 0. The molecule has 7 heteroatoms. The van der Waals surface area contributed by atoms with E-state index in [4.69, 9.17) is 5.73 Å². The van der Waals surface area contributed by atoms with Crippen LogP contribution >= 0.6 is 12.4 Å². The lowest BCUT2D eigenvalue weighted by Gasteiger charge is -2.09. The summed E-state index contributed by atoms with van der Waals surface area (Å²) in [6.07, 6.45) is 0. The van der Waals surface area contributed by atoms with Gasteiger partial charge in [0.05, 0.1) is 5.52 Å². The largest absolute Gasteiger partial charge is 0.330 e. The summed E-state index contributed by atoms with van der Waals surface area (Å²) in [5.41, 5.74) is 6.29. The average Bonchev–Trinajstić information content (AvgIpc) is 2.68. The van der Waals surface area contributed by atoms with Crippen molar-refractivity contribution in [3.8, 4) is 0 Å². The Hall–Kier alpha value is -1.66. The molecule has 0 radical (unpaired) electrons. The smallest absolute Gasteiger partial charge is 0.230 e. The summed E-state index contributed by atoms with van der Waals surface area (Å²) in [5.74, 6) is -0.623. The minimum absolute atomic E-state index is 0. The first kappa shape index (κ1) is 15.4. The van der Waals surface area contributed by atoms with Crippen LogP contribution in [0.25, 0.3) is 11.0 Å². The molecule has 1 amide bonds. The number of amides is 1. The number of nitrogens with one attached hydrogen (secondary N) is 1. The van der Waals surface area contributed by atoms with Crippen molar-refractivity contribution >= 4 is 35.3 Å². The summed E-state index contributed by atoms with van der Waals surface area (Å²) in [4.78, 5) is 15.8. The van der Waals surface area contributed by atoms with Crippen molar-refractivity contribution in [2.24, 2.45) is 18.7 Å². The number of nitrogens with two attached hydrogens (primary N) is 1. The summed E-state index contributed by atoms with van der Waals surface area (Å²) in [7, 11) is 1.72. The van der Waals surface area contributed by atoms with E-state index in [0.29, 0.717) is 11.5 Å². The van der Waals surface area contributed by atoms with Gasteiger partial charge < -0.3 is 10.3 Å². The molecule has 5 nitrogen and oxygen atoms in total. The fourth-order valence-electron chi connectivity index (χ4n) is 1.63. The number of hydrogen-bond acceptors (Lipinski definition) is 3. The third-order valence-corrected chi connectivity index (χ3v) is 2.90. The van der Waals surface area contributed by atoms with Gasteiger partial charge in [0.25, 0.3) is 0 Å². The molecule has 0 fully saturated rings. The number of aryl methyl sites for hydroxylation is 1. The average molecular weight is 287 g/mol. The van der Waals surface area contributed by atoms with Crippen LogP contribution in [0.4, 0.5) is 10.3 Å². The molecule has 0 spiro atoms. The molecule has 1 aromatic heterocycles. The van der Waals surface area contributed by atoms with Crippen LogP contribution < -0.4 is 11.1 Å². The maximum Gasteiger partial charge on any atom is 0.230 e. The van der Waals surface area contributed by atoms with Gasteiger partial charge in [0.15, 0.2) is 5.82 Å². The first-order valence-electron chi connectivity index (χ1n) is 5.66. The second-order valence-corrected chi connectivity index (χ2v) is 4.23. The van der Waals surface area contributed by atoms with E-state index in [-0.39, 0.29) is 36.3 Å². The van der Waals surface area contributed by atoms with Crippen LogP contribution in [-0.2, 0) is 11.8 Å². The van der Waals surface area contributed by atoms with Gasteiger partial charge in [-0.05, 0) is 12.1 Å². The van der Waals surface area contributed by atoms with Crippen LogP contribution in [-0.4, -0.2) is 22.0 Å². The van der Waals surface area contributed by atoms with Crippen molar-refractivity contribution in [3.63, 3.8) is 0 Å². The number of halogens is 2. The van der Waals surface area contributed by atoms with Crippen molar-refractivity contribution in [1.29, 1.82) is 0 Å². The number of imidazole rings is 1. The zero-order chi connectivity index (χ0) is 13.3. The number of carbonyl (C=O) groups excluding carboxylic acids is 1. The highest BCUT2D eigenvalue weighted by Crippen LogP contribution is 2.20. The molecule has 0 aliphatic heterocycles. The van der Waals surface area contributed by atoms with Crippen LogP contribution in [0.2, 0.25) is 0 Å². The van der Waals surface area contributed by atoms with E-state index in [9.17, 15) is 9.18 Å². The van der Waals surface area contributed by atoms with Crippen molar-refractivity contribution in [2.75, 3.05) is 11.9 Å². The summed E-state index contributed by atoms with van der Waals surface area (Å²) < 4.78 is 15.2. The van der Waals surface area contributed by atoms with E-state index in [1.807, 2.05) is 0 Å². The van der Waals surface area contributed by atoms with E-state index >= 15 is 0 Å². The van der Waals surface area contributed by atoms with Crippen molar-refractivity contribution in [2.45, 2.75) is 6.92 Å². The molecule has 1 atom stereocenters. The van der Waals surface area contributed by atoms with Crippen LogP contribution in [0, 0.1) is 11.7 Å². The first-order valence-corrected chi connectivity index (χ1v) is 5.66. The van der Waals surface area contributed by atoms with Crippen LogP contribution in [0.3, 0.4) is 0 Å².